The number of hydrogen-bond acceptors (Lipinski definition) is 8. The predicted molar refractivity (Wildman–Crippen MR) is 147 cm³/mol. The predicted octanol–water partition coefficient (Wildman–Crippen LogP) is 2.49. The van der Waals surface area contributed by atoms with Gasteiger partial charge in [0.25, 0.3) is 0 Å². The molecule has 2 aliphatic rings. The number of nitrogens with one attached hydrogen (secondary N) is 1. The normalized spacial score (nSPS) is 22.4. The number of hydrogen-bond donors (Lipinski definition) is 3. The van der Waals surface area contributed by atoms with E-state index in [9.17, 15) is 23.4 Å². The van der Waals surface area contributed by atoms with Crippen LogP contribution in [-0.2, 0) is 37.3 Å². The van der Waals surface area contributed by atoms with Crippen molar-refractivity contribution in [1.29, 1.82) is 0 Å². The summed E-state index contributed by atoms with van der Waals surface area (Å²) in [6.07, 6.45) is -1.17. The number of carbonyl (C=O) groups excluding carboxylic acids is 1. The van der Waals surface area contributed by atoms with Gasteiger partial charge in [-0.15, -0.1) is 0 Å². The van der Waals surface area contributed by atoms with Gasteiger partial charge in [-0.2, -0.15) is 10.2 Å². The van der Waals surface area contributed by atoms with E-state index < -0.39 is 34.4 Å². The molecule has 12 heteroatoms. The number of aliphatic hydroxyl groups excluding tert-OH is 2. The van der Waals surface area contributed by atoms with Crippen LogP contribution < -0.4 is 5.32 Å². The van der Waals surface area contributed by atoms with Crippen molar-refractivity contribution < 1.29 is 37.6 Å². The van der Waals surface area contributed by atoms with E-state index in [1.807, 2.05) is 37.3 Å². The van der Waals surface area contributed by atoms with Crippen LogP contribution in [0.5, 0.6) is 0 Å². The Labute approximate surface area is 236 Å². The zero-order valence-electron chi connectivity index (χ0n) is 23.1. The quantitative estimate of drug-likeness (QED) is 0.263. The second kappa shape index (κ2) is 14.4. The molecule has 10 nitrogen and oxygen atoms in total. The van der Waals surface area contributed by atoms with E-state index >= 15 is 0 Å². The zero-order valence-corrected chi connectivity index (χ0v) is 26.8. The smallest absolute Gasteiger partial charge is 0.407 e. The fraction of sp³-hybridized carbons (Fsp3) is 0.517. The Morgan fingerprint density at radius 2 is 1.83 bits per heavy atom. The van der Waals surface area contributed by atoms with E-state index in [4.69, 9.17) is 14.2 Å². The van der Waals surface area contributed by atoms with E-state index in [0.717, 1.165) is 12.0 Å². The molecule has 2 aromatic rings. The first-order valence-electron chi connectivity index (χ1n) is 13.7. The Hall–Kier alpha value is -3.54. The van der Waals surface area contributed by atoms with Crippen LogP contribution in [0, 0.1) is 18.8 Å². The Morgan fingerprint density at radius 1 is 1.12 bits per heavy atom. The van der Waals surface area contributed by atoms with Gasteiger partial charge in [0.15, 0.2) is 6.29 Å². The number of alkyl carbamates (subject to hydrolysis) is 1. The van der Waals surface area contributed by atoms with Gasteiger partial charge in [-0.25, -0.2) is 13.2 Å². The minimum absolute atomic E-state index is 0. The minimum Gasteiger partial charge on any atom is -0.443 e. The van der Waals surface area contributed by atoms with Gasteiger partial charge >= 0.3 is 6.09 Å². The van der Waals surface area contributed by atoms with Gasteiger partial charge in [0.05, 0.1) is 42.8 Å². The van der Waals surface area contributed by atoms with Crippen LogP contribution in [0.3, 0.4) is 0 Å². The Bertz CT molecular complexity index is 1200. The van der Waals surface area contributed by atoms with Gasteiger partial charge in [-0.1, -0.05) is 55.8 Å². The number of nitrogens with zero attached hydrogens (tertiary/aromatic N) is 1. The molecule has 0 spiro atoms. The fourth-order valence-electron chi connectivity index (χ4n) is 4.96. The molecule has 2 saturated heterocycles. The first-order valence-corrected chi connectivity index (χ1v) is 15.1. The van der Waals surface area contributed by atoms with Crippen molar-refractivity contribution in [3.63, 3.8) is 0 Å². The summed E-state index contributed by atoms with van der Waals surface area (Å²) in [5, 5.41) is 23.5. The summed E-state index contributed by atoms with van der Waals surface area (Å²) in [5.74, 6) is -0.253. The third-order valence-corrected chi connectivity index (χ3v) is 9.33. The summed E-state index contributed by atoms with van der Waals surface area (Å²) in [6, 6.07) is 14.5. The molecule has 2 fully saturated rings. The molecular weight excluding hydrogens is 783 g/mol. The molecular formula is C29H39CmN2O8S-. The van der Waals surface area contributed by atoms with E-state index in [2.05, 4.69) is 12.2 Å². The average molecular weight is 823 g/mol. The first-order chi connectivity index (χ1) is 19.2. The summed E-state index contributed by atoms with van der Waals surface area (Å²) >= 11 is 0. The maximum atomic E-state index is 13.6. The maximum absolute atomic E-state index is 13.6. The number of carbonyl (C=O) groups is 1. The summed E-state index contributed by atoms with van der Waals surface area (Å²) < 4.78 is 45.2. The van der Waals surface area contributed by atoms with Crippen molar-refractivity contribution in [3.05, 3.63) is 72.6 Å². The number of ether oxygens (including phenoxy) is 3. The number of rotatable bonds is 13. The van der Waals surface area contributed by atoms with Crippen molar-refractivity contribution in [2.75, 3.05) is 26.3 Å². The number of aliphatic hydroxyl groups is 2. The average Bonchev–Trinajstić information content (AvgIpc) is 3.58. The molecule has 2 aromatic carbocycles. The molecule has 2 aliphatic heterocycles. The molecule has 3 N–H and O–H groups in total. The zero-order chi connectivity index (χ0) is 28.7. The van der Waals surface area contributed by atoms with Crippen LogP contribution in [0.1, 0.15) is 30.9 Å². The molecule has 6 atom stereocenters. The summed E-state index contributed by atoms with van der Waals surface area (Å²) in [4.78, 5) is 13.0. The Kier molecular flexibility index (Phi) is 11.2. The van der Waals surface area contributed by atoms with Crippen LogP contribution in [0.15, 0.2) is 59.5 Å². The second-order valence-corrected chi connectivity index (χ2v) is 12.3. The summed E-state index contributed by atoms with van der Waals surface area (Å²) in [6.45, 7) is 6.36. The molecule has 0 radical (unpaired) electrons. The minimum atomic E-state index is -4.01. The molecule has 4 rings (SSSR count). The number of sulfonamides is 1. The van der Waals surface area contributed by atoms with E-state index in [-0.39, 0.29) is 55.7 Å². The first kappa shape index (κ1) is 32.0. The van der Waals surface area contributed by atoms with Crippen molar-refractivity contribution in [3.8, 4) is 0 Å². The third-order valence-electron chi connectivity index (χ3n) is 7.48. The number of fused-ring (bicyclic) bond motifs is 1. The van der Waals surface area contributed by atoms with Gasteiger partial charge in [0, 0.05) is 6.54 Å². The van der Waals surface area contributed by atoms with Gasteiger partial charge < -0.3 is 36.7 Å². The molecule has 2 heterocycles. The molecule has 0 aromatic heterocycles. The van der Waals surface area contributed by atoms with Crippen molar-refractivity contribution in [1.82, 2.24) is 9.62 Å². The van der Waals surface area contributed by atoms with Crippen molar-refractivity contribution in [2.24, 2.45) is 11.8 Å². The molecule has 0 aliphatic carbocycles. The maximum Gasteiger partial charge on any atom is 0.407 e. The molecule has 1 amide bonds. The van der Waals surface area contributed by atoms with Crippen LogP contribution >= 0.6 is 0 Å². The fourth-order valence-corrected chi connectivity index (χ4v) is 6.50. The Balaban J connectivity index is 0.00000462. The molecule has 228 valence electrons. The van der Waals surface area contributed by atoms with Gasteiger partial charge in [-0.05, 0) is 42.6 Å². The van der Waals surface area contributed by atoms with Crippen molar-refractivity contribution >= 4 is 16.1 Å². The number of amides is 1. The second-order valence-electron chi connectivity index (χ2n) is 10.4. The summed E-state index contributed by atoms with van der Waals surface area (Å²) in [5.41, 5.74) is 1.45. The SMILES string of the molecule is [CH2-]C(CC)CN(C[C@@H](O)[C@H](Cc1ccccc1)NC(=O)O[C@H]1CO[C@H]2OCC[C@H]21)S(=O)(=O)c1ccc(CO)cc1.[Cm]. The van der Waals surface area contributed by atoms with Crippen LogP contribution in [0.2, 0.25) is 0 Å². The van der Waals surface area contributed by atoms with Crippen LogP contribution in [0.4, 0.5) is 4.79 Å². The molecule has 41 heavy (non-hydrogen) atoms. The van der Waals surface area contributed by atoms with E-state index in [1.54, 1.807) is 12.1 Å². The summed E-state index contributed by atoms with van der Waals surface area (Å²) in [7, 11) is -4.01. The van der Waals surface area contributed by atoms with Crippen LogP contribution in [0.25, 0.3) is 0 Å². The standard InChI is InChI=1S/C29H39N2O8S.Cm/c1-3-20(2)16-31(40(35,36)23-11-9-22(18-32)10-12-23)17-26(33)25(15-21-7-5-4-6-8-21)30-29(34)39-27-19-38-28-24(27)13-14-37-28;/h4-12,20,24-28,32-33H,2-3,13-19H2,1H3,(H,30,34);/q-1;/t20?,24-,25-,26+,27-,28+;/m0./s1. The molecule has 1 unspecified atom stereocenters. The monoisotopic (exact) mass is 818 g/mol. The third kappa shape index (κ3) is 8.02. The Morgan fingerprint density at radius 3 is 2.49 bits per heavy atom. The van der Waals surface area contributed by atoms with E-state index in [0.29, 0.717) is 18.6 Å². The topological polar surface area (TPSA) is 135 Å². The number of benzene rings is 2. The molecule has 0 saturated carbocycles. The van der Waals surface area contributed by atoms with Crippen molar-refractivity contribution in [2.45, 2.75) is 62.2 Å². The van der Waals surface area contributed by atoms with Gasteiger partial charge in [0.1, 0.15) is 6.10 Å². The van der Waals surface area contributed by atoms with Crippen LogP contribution in [-0.4, -0.2) is 79.9 Å². The van der Waals surface area contributed by atoms with Gasteiger partial charge in [-0.3, -0.25) is 0 Å². The van der Waals surface area contributed by atoms with Gasteiger partial charge in [0.2, 0.25) is 10.0 Å². The largest absolute Gasteiger partial charge is 0.443 e. The van der Waals surface area contributed by atoms with E-state index in [1.165, 1.54) is 16.4 Å². The molecule has 0 bridgehead atoms.